The first-order valence-corrected chi connectivity index (χ1v) is 9.51. The molecule has 0 saturated carbocycles. The Labute approximate surface area is 160 Å². The second-order valence-electron chi connectivity index (χ2n) is 5.92. The van der Waals surface area contributed by atoms with E-state index in [1.165, 1.54) is 42.5 Å². The van der Waals surface area contributed by atoms with Gasteiger partial charge < -0.3 is 8.92 Å². The van der Waals surface area contributed by atoms with Gasteiger partial charge in [0.15, 0.2) is 11.5 Å². The molecule has 0 radical (unpaired) electrons. The van der Waals surface area contributed by atoms with Gasteiger partial charge in [-0.2, -0.15) is 21.6 Å². The minimum Gasteiger partial charge on any atom is -0.453 e. The molecule has 0 saturated heterocycles. The molecule has 0 aromatic heterocycles. The van der Waals surface area contributed by atoms with Crippen molar-refractivity contribution >= 4 is 10.1 Å². The topological polar surface area (TPSA) is 52.6 Å². The Morgan fingerprint density at radius 2 is 1.46 bits per heavy atom. The molecule has 0 aliphatic carbocycles. The van der Waals surface area contributed by atoms with Crippen molar-refractivity contribution in [2.45, 2.75) is 18.0 Å². The summed E-state index contributed by atoms with van der Waals surface area (Å²) in [5, 5.41) is 0. The summed E-state index contributed by atoms with van der Waals surface area (Å²) in [4.78, 5) is -0.0491. The van der Waals surface area contributed by atoms with Crippen molar-refractivity contribution in [1.29, 1.82) is 0 Å². The fourth-order valence-electron chi connectivity index (χ4n) is 2.34. The monoisotopic (exact) mass is 408 g/mol. The lowest BCUT2D eigenvalue weighted by atomic mass is 10.2. The molecule has 8 heteroatoms. The predicted molar refractivity (Wildman–Crippen MR) is 97.0 cm³/mol. The molecule has 3 aromatic carbocycles. The number of ether oxygens (including phenoxy) is 1. The Kier molecular flexibility index (Phi) is 5.33. The van der Waals surface area contributed by atoms with E-state index < -0.39 is 21.9 Å². The van der Waals surface area contributed by atoms with Crippen LogP contribution in [0.1, 0.15) is 11.1 Å². The lowest BCUT2D eigenvalue weighted by Gasteiger charge is -2.13. The first kappa shape index (κ1) is 19.8. The standard InChI is InChI=1S/C20H15F3O4S/c1-14-9-11-17(12-10-14)28(24,25)27-19-8-3-2-7-18(19)26-16-6-4-5-15(13-16)20(21,22)23/h2-13H,1H3. The Morgan fingerprint density at radius 3 is 2.11 bits per heavy atom. The zero-order chi connectivity index (χ0) is 20.4. The van der Waals surface area contributed by atoms with E-state index in [0.29, 0.717) is 0 Å². The van der Waals surface area contributed by atoms with E-state index in [1.54, 1.807) is 18.2 Å². The van der Waals surface area contributed by atoms with Gasteiger partial charge in [0, 0.05) is 0 Å². The summed E-state index contributed by atoms with van der Waals surface area (Å²) in [6.45, 7) is 1.81. The Morgan fingerprint density at radius 1 is 0.821 bits per heavy atom. The highest BCUT2D eigenvalue weighted by Gasteiger charge is 2.30. The summed E-state index contributed by atoms with van der Waals surface area (Å²) in [5.41, 5.74) is 0.00269. The molecule has 146 valence electrons. The third kappa shape index (κ3) is 4.64. The second-order valence-corrected chi connectivity index (χ2v) is 7.47. The van der Waals surface area contributed by atoms with Crippen LogP contribution in [0.2, 0.25) is 0 Å². The molecule has 28 heavy (non-hydrogen) atoms. The molecule has 0 fully saturated rings. The molecule has 3 rings (SSSR count). The molecule has 0 heterocycles. The molecule has 0 spiro atoms. The number of hydrogen-bond acceptors (Lipinski definition) is 4. The molecule has 0 amide bonds. The van der Waals surface area contributed by atoms with Gasteiger partial charge in [0.1, 0.15) is 10.6 Å². The van der Waals surface area contributed by atoms with Crippen LogP contribution >= 0.6 is 0 Å². The molecular formula is C20H15F3O4S. The quantitative estimate of drug-likeness (QED) is 0.518. The number of benzene rings is 3. The summed E-state index contributed by atoms with van der Waals surface area (Å²) in [6, 6.07) is 16.2. The Balaban J connectivity index is 1.89. The van der Waals surface area contributed by atoms with Crippen LogP contribution in [-0.2, 0) is 16.3 Å². The average molecular weight is 408 g/mol. The fraction of sp³-hybridized carbons (Fsp3) is 0.100. The van der Waals surface area contributed by atoms with Gasteiger partial charge in [-0.15, -0.1) is 0 Å². The van der Waals surface area contributed by atoms with Crippen molar-refractivity contribution in [2.75, 3.05) is 0 Å². The Bertz CT molecular complexity index is 1080. The summed E-state index contributed by atoms with van der Waals surface area (Å²) in [7, 11) is -4.14. The first-order chi connectivity index (χ1) is 13.1. The van der Waals surface area contributed by atoms with Crippen molar-refractivity contribution in [2.24, 2.45) is 0 Å². The maximum atomic E-state index is 12.9. The number of alkyl halides is 3. The third-order valence-electron chi connectivity index (χ3n) is 3.75. The minimum absolute atomic E-state index is 0.0301. The molecular weight excluding hydrogens is 393 g/mol. The SMILES string of the molecule is Cc1ccc(S(=O)(=O)Oc2ccccc2Oc2cccc(C(F)(F)F)c2)cc1. The highest BCUT2D eigenvalue weighted by atomic mass is 32.2. The lowest BCUT2D eigenvalue weighted by Crippen LogP contribution is -2.10. The normalized spacial score (nSPS) is 11.9. The number of para-hydroxylation sites is 2. The summed E-state index contributed by atoms with van der Waals surface area (Å²) >= 11 is 0. The van der Waals surface area contributed by atoms with Gasteiger partial charge in [0.25, 0.3) is 0 Å². The van der Waals surface area contributed by atoms with Crippen molar-refractivity contribution in [1.82, 2.24) is 0 Å². The van der Waals surface area contributed by atoms with Crippen molar-refractivity contribution < 1.29 is 30.5 Å². The largest absolute Gasteiger partial charge is 0.453 e. The molecule has 0 aliphatic rings. The van der Waals surface area contributed by atoms with Crippen LogP contribution in [0.5, 0.6) is 17.2 Å². The zero-order valence-electron chi connectivity index (χ0n) is 14.6. The number of hydrogen-bond donors (Lipinski definition) is 0. The van der Waals surface area contributed by atoms with Crippen LogP contribution in [0.4, 0.5) is 13.2 Å². The van der Waals surface area contributed by atoms with Crippen molar-refractivity contribution in [3.05, 3.63) is 83.9 Å². The Hall–Kier alpha value is -3.00. The first-order valence-electron chi connectivity index (χ1n) is 8.10. The van der Waals surface area contributed by atoms with Crippen LogP contribution < -0.4 is 8.92 Å². The lowest BCUT2D eigenvalue weighted by molar-refractivity contribution is -0.137. The van der Waals surface area contributed by atoms with Crippen LogP contribution in [0, 0.1) is 6.92 Å². The van der Waals surface area contributed by atoms with Gasteiger partial charge in [-0.3, -0.25) is 0 Å². The molecule has 0 N–H and O–H groups in total. The number of aryl methyl sites for hydroxylation is 1. The summed E-state index contributed by atoms with van der Waals surface area (Å²) in [5.74, 6) is -0.267. The molecule has 0 bridgehead atoms. The predicted octanol–water partition coefficient (Wildman–Crippen LogP) is 5.57. The van der Waals surface area contributed by atoms with Crippen LogP contribution in [0.15, 0.2) is 77.7 Å². The molecule has 4 nitrogen and oxygen atoms in total. The van der Waals surface area contributed by atoms with Crippen LogP contribution in [-0.4, -0.2) is 8.42 Å². The van der Waals surface area contributed by atoms with Crippen LogP contribution in [0.3, 0.4) is 0 Å². The molecule has 0 atom stereocenters. The number of rotatable bonds is 5. The third-order valence-corrected chi connectivity index (χ3v) is 5.00. The van der Waals surface area contributed by atoms with Gasteiger partial charge >= 0.3 is 16.3 Å². The highest BCUT2D eigenvalue weighted by molar-refractivity contribution is 7.87. The highest BCUT2D eigenvalue weighted by Crippen LogP contribution is 2.36. The molecule has 0 aliphatic heterocycles. The fourth-order valence-corrected chi connectivity index (χ4v) is 3.28. The van der Waals surface area contributed by atoms with Crippen molar-refractivity contribution in [3.8, 4) is 17.2 Å². The summed E-state index contributed by atoms with van der Waals surface area (Å²) in [6.07, 6.45) is -4.52. The minimum atomic E-state index is -4.52. The number of halogens is 3. The zero-order valence-corrected chi connectivity index (χ0v) is 15.4. The van der Waals surface area contributed by atoms with E-state index in [2.05, 4.69) is 0 Å². The molecule has 3 aromatic rings. The van der Waals surface area contributed by atoms with E-state index in [-0.39, 0.29) is 22.1 Å². The van der Waals surface area contributed by atoms with Gasteiger partial charge in [0.05, 0.1) is 5.56 Å². The smallest absolute Gasteiger partial charge is 0.416 e. The van der Waals surface area contributed by atoms with Crippen molar-refractivity contribution in [3.63, 3.8) is 0 Å². The maximum absolute atomic E-state index is 12.9. The molecule has 0 unspecified atom stereocenters. The van der Waals surface area contributed by atoms with E-state index in [0.717, 1.165) is 17.7 Å². The average Bonchev–Trinajstić information content (AvgIpc) is 2.63. The van der Waals surface area contributed by atoms with Gasteiger partial charge in [0.2, 0.25) is 0 Å². The van der Waals surface area contributed by atoms with Crippen LogP contribution in [0.25, 0.3) is 0 Å². The van der Waals surface area contributed by atoms with E-state index in [1.807, 2.05) is 6.92 Å². The van der Waals surface area contributed by atoms with E-state index in [4.69, 9.17) is 8.92 Å². The summed E-state index contributed by atoms with van der Waals surface area (Å²) < 4.78 is 74.2. The van der Waals surface area contributed by atoms with E-state index in [9.17, 15) is 21.6 Å². The maximum Gasteiger partial charge on any atom is 0.416 e. The van der Waals surface area contributed by atoms with Gasteiger partial charge in [-0.05, 0) is 49.4 Å². The second kappa shape index (κ2) is 7.55. The van der Waals surface area contributed by atoms with Gasteiger partial charge in [-0.1, -0.05) is 35.9 Å². The van der Waals surface area contributed by atoms with Gasteiger partial charge in [-0.25, -0.2) is 0 Å². The van der Waals surface area contributed by atoms with E-state index >= 15 is 0 Å².